The Morgan fingerprint density at radius 1 is 1.25 bits per heavy atom. The number of halogens is 2. The Hall–Kier alpha value is -2.65. The second kappa shape index (κ2) is 10.0. The fourth-order valence-corrected chi connectivity index (χ4v) is 2.96. The molecule has 0 aliphatic heterocycles. The molecule has 0 aliphatic carbocycles. The van der Waals surface area contributed by atoms with Gasteiger partial charge in [-0.25, -0.2) is 4.39 Å². The molecule has 0 saturated carbocycles. The van der Waals surface area contributed by atoms with Crippen LogP contribution in [0.2, 0.25) is 5.02 Å². The van der Waals surface area contributed by atoms with Crippen LogP contribution in [0.15, 0.2) is 42.5 Å². The highest BCUT2D eigenvalue weighted by molar-refractivity contribution is 7.98. The lowest BCUT2D eigenvalue weighted by Crippen LogP contribution is -2.44. The zero-order chi connectivity index (χ0) is 20.7. The number of thioether (sulfide) groups is 1. The van der Waals surface area contributed by atoms with Crippen LogP contribution in [0.1, 0.15) is 16.8 Å². The Kier molecular flexibility index (Phi) is 7.77. The number of carbonyl (C=O) groups excluding carboxylic acids is 2. The van der Waals surface area contributed by atoms with Crippen molar-refractivity contribution in [2.75, 3.05) is 17.3 Å². The number of hydrogen-bond acceptors (Lipinski definition) is 5. The van der Waals surface area contributed by atoms with Gasteiger partial charge in [0.25, 0.3) is 11.6 Å². The van der Waals surface area contributed by atoms with Crippen LogP contribution in [0.5, 0.6) is 0 Å². The molecule has 0 unspecified atom stereocenters. The molecule has 1 atom stereocenters. The molecule has 0 fully saturated rings. The smallest absolute Gasteiger partial charge is 0.288 e. The Morgan fingerprint density at radius 2 is 1.93 bits per heavy atom. The molecule has 2 N–H and O–H groups in total. The average molecular weight is 426 g/mol. The van der Waals surface area contributed by atoms with Crippen molar-refractivity contribution >= 4 is 46.6 Å². The van der Waals surface area contributed by atoms with E-state index >= 15 is 0 Å². The van der Waals surface area contributed by atoms with Crippen molar-refractivity contribution < 1.29 is 18.9 Å². The zero-order valence-electron chi connectivity index (χ0n) is 14.8. The van der Waals surface area contributed by atoms with Crippen LogP contribution in [-0.4, -0.2) is 34.8 Å². The molecular weight excluding hydrogens is 409 g/mol. The molecule has 0 spiro atoms. The molecule has 10 heteroatoms. The minimum atomic E-state index is -0.875. The molecule has 0 aromatic heterocycles. The largest absolute Gasteiger partial charge is 0.340 e. The standard InChI is InChI=1S/C18H17ClFN3O4S/c1-28-9-8-15(18(25)21-13-5-3-12(20)4-6-13)22-17(24)11-2-7-14(19)16(10-11)23(26)27/h2-7,10,15H,8-9H2,1H3,(H,21,25)(H,22,24)/t15-/m1/s1. The van der Waals surface area contributed by atoms with Gasteiger partial charge in [-0.15, -0.1) is 0 Å². The van der Waals surface area contributed by atoms with Gasteiger partial charge in [-0.05, 0) is 54.8 Å². The quantitative estimate of drug-likeness (QED) is 0.493. The highest BCUT2D eigenvalue weighted by atomic mass is 35.5. The minimum absolute atomic E-state index is 0.0137. The SMILES string of the molecule is CSCC[C@@H](NC(=O)c1ccc(Cl)c([N+](=O)[O-])c1)C(=O)Nc1ccc(F)cc1. The summed E-state index contributed by atoms with van der Waals surface area (Å²) in [4.78, 5) is 35.3. The number of nitro groups is 1. The van der Waals surface area contributed by atoms with Crippen molar-refractivity contribution in [2.45, 2.75) is 12.5 Å². The van der Waals surface area contributed by atoms with Crippen LogP contribution in [0, 0.1) is 15.9 Å². The number of rotatable bonds is 8. The van der Waals surface area contributed by atoms with Gasteiger partial charge in [-0.3, -0.25) is 19.7 Å². The van der Waals surface area contributed by atoms with Gasteiger partial charge in [0.05, 0.1) is 4.92 Å². The summed E-state index contributed by atoms with van der Waals surface area (Å²) in [5.74, 6) is -0.949. The molecule has 0 radical (unpaired) electrons. The fourth-order valence-electron chi connectivity index (χ4n) is 2.30. The van der Waals surface area contributed by atoms with Crippen molar-refractivity contribution in [3.05, 3.63) is 69.0 Å². The summed E-state index contributed by atoms with van der Waals surface area (Å²) in [5.41, 5.74) is 0.00232. The van der Waals surface area contributed by atoms with Gasteiger partial charge in [0.2, 0.25) is 5.91 Å². The van der Waals surface area contributed by atoms with Crippen molar-refractivity contribution in [2.24, 2.45) is 0 Å². The first kappa shape index (κ1) is 21.6. The number of nitrogens with zero attached hydrogens (tertiary/aromatic N) is 1. The molecular formula is C18H17ClFN3O4S. The summed E-state index contributed by atoms with van der Waals surface area (Å²) in [5, 5.41) is 16.1. The number of nitrogens with one attached hydrogen (secondary N) is 2. The number of carbonyl (C=O) groups is 2. The number of hydrogen-bond donors (Lipinski definition) is 2. The molecule has 0 saturated heterocycles. The maximum atomic E-state index is 13.0. The first-order chi connectivity index (χ1) is 13.3. The molecule has 2 amide bonds. The maximum Gasteiger partial charge on any atom is 0.288 e. The van der Waals surface area contributed by atoms with Gasteiger partial charge >= 0.3 is 0 Å². The Bertz CT molecular complexity index is 880. The Balaban J connectivity index is 2.15. The van der Waals surface area contributed by atoms with Gasteiger partial charge in [0.1, 0.15) is 16.9 Å². The molecule has 0 aliphatic rings. The van der Waals surface area contributed by atoms with Crippen LogP contribution in [0.3, 0.4) is 0 Å². The van der Waals surface area contributed by atoms with E-state index in [4.69, 9.17) is 11.6 Å². The number of benzene rings is 2. The van der Waals surface area contributed by atoms with Crippen LogP contribution >= 0.6 is 23.4 Å². The Morgan fingerprint density at radius 3 is 2.54 bits per heavy atom. The van der Waals surface area contributed by atoms with Crippen molar-refractivity contribution in [1.82, 2.24) is 5.32 Å². The highest BCUT2D eigenvalue weighted by Crippen LogP contribution is 2.25. The van der Waals surface area contributed by atoms with E-state index in [1.165, 1.54) is 48.2 Å². The number of anilines is 1. The van der Waals surface area contributed by atoms with E-state index < -0.39 is 34.3 Å². The topological polar surface area (TPSA) is 101 Å². The van der Waals surface area contributed by atoms with E-state index in [0.717, 1.165) is 6.07 Å². The predicted octanol–water partition coefficient (Wildman–Crippen LogP) is 3.88. The molecule has 2 aromatic rings. The summed E-state index contributed by atoms with van der Waals surface area (Å²) in [6, 6.07) is 8.00. The van der Waals surface area contributed by atoms with Gasteiger partial charge < -0.3 is 10.6 Å². The summed E-state index contributed by atoms with van der Waals surface area (Å²) < 4.78 is 13.0. The van der Waals surface area contributed by atoms with Crippen LogP contribution in [-0.2, 0) is 4.79 Å². The lowest BCUT2D eigenvalue weighted by atomic mass is 10.1. The third-order valence-electron chi connectivity index (χ3n) is 3.75. The lowest BCUT2D eigenvalue weighted by molar-refractivity contribution is -0.384. The lowest BCUT2D eigenvalue weighted by Gasteiger charge is -2.18. The van der Waals surface area contributed by atoms with E-state index in [1.807, 2.05) is 6.26 Å². The van der Waals surface area contributed by atoms with E-state index in [1.54, 1.807) is 0 Å². The summed E-state index contributed by atoms with van der Waals surface area (Å²) in [6.45, 7) is 0. The zero-order valence-corrected chi connectivity index (χ0v) is 16.3. The van der Waals surface area contributed by atoms with Crippen molar-refractivity contribution in [1.29, 1.82) is 0 Å². The summed E-state index contributed by atoms with van der Waals surface area (Å²) in [6.07, 6.45) is 2.20. The van der Waals surface area contributed by atoms with Crippen molar-refractivity contribution in [3.63, 3.8) is 0 Å². The van der Waals surface area contributed by atoms with E-state index in [2.05, 4.69) is 10.6 Å². The van der Waals surface area contributed by atoms with E-state index in [0.29, 0.717) is 17.9 Å². The first-order valence-corrected chi connectivity index (χ1v) is 9.89. The van der Waals surface area contributed by atoms with Gasteiger partial charge in [0, 0.05) is 17.3 Å². The molecule has 148 valence electrons. The Labute approximate surface area is 169 Å². The van der Waals surface area contributed by atoms with Crippen molar-refractivity contribution in [3.8, 4) is 0 Å². The number of amides is 2. The summed E-state index contributed by atoms with van der Waals surface area (Å²) >= 11 is 7.25. The monoisotopic (exact) mass is 425 g/mol. The molecule has 28 heavy (non-hydrogen) atoms. The van der Waals surface area contributed by atoms with Crippen LogP contribution in [0.4, 0.5) is 15.8 Å². The third kappa shape index (κ3) is 5.93. The minimum Gasteiger partial charge on any atom is -0.340 e. The van der Waals surface area contributed by atoms with Gasteiger partial charge in [-0.1, -0.05) is 11.6 Å². The average Bonchev–Trinajstić information content (AvgIpc) is 2.66. The third-order valence-corrected chi connectivity index (χ3v) is 4.71. The highest BCUT2D eigenvalue weighted by Gasteiger charge is 2.23. The molecule has 0 heterocycles. The number of nitro benzene ring substituents is 1. The maximum absolute atomic E-state index is 13.0. The first-order valence-electron chi connectivity index (χ1n) is 8.12. The molecule has 7 nitrogen and oxygen atoms in total. The summed E-state index contributed by atoms with van der Waals surface area (Å²) in [7, 11) is 0. The second-order valence-electron chi connectivity index (χ2n) is 5.73. The molecule has 2 rings (SSSR count). The molecule has 0 bridgehead atoms. The fraction of sp³-hybridized carbons (Fsp3) is 0.222. The van der Waals surface area contributed by atoms with E-state index in [-0.39, 0.29) is 10.6 Å². The molecule has 2 aromatic carbocycles. The predicted molar refractivity (Wildman–Crippen MR) is 107 cm³/mol. The second-order valence-corrected chi connectivity index (χ2v) is 7.12. The van der Waals surface area contributed by atoms with Gasteiger partial charge in [0.15, 0.2) is 0 Å². The normalized spacial score (nSPS) is 11.5. The van der Waals surface area contributed by atoms with E-state index in [9.17, 15) is 24.1 Å². The van der Waals surface area contributed by atoms with Crippen LogP contribution in [0.25, 0.3) is 0 Å². The van der Waals surface area contributed by atoms with Crippen LogP contribution < -0.4 is 10.6 Å². The van der Waals surface area contributed by atoms with Gasteiger partial charge in [-0.2, -0.15) is 11.8 Å².